The van der Waals surface area contributed by atoms with Gasteiger partial charge in [0.15, 0.2) is 5.13 Å². The lowest BCUT2D eigenvalue weighted by atomic mass is 10.0. The summed E-state index contributed by atoms with van der Waals surface area (Å²) in [4.78, 5) is 20.4. The Bertz CT molecular complexity index is 854. The molecule has 0 radical (unpaired) electrons. The number of urea groups is 1. The molecule has 24 heavy (non-hydrogen) atoms. The number of carbonyl (C=O) groups excluding carboxylic acids is 1. The molecule has 0 saturated carbocycles. The van der Waals surface area contributed by atoms with Gasteiger partial charge in [0.2, 0.25) is 0 Å². The largest absolute Gasteiger partial charge is 0.508 e. The van der Waals surface area contributed by atoms with E-state index in [9.17, 15) is 9.90 Å². The van der Waals surface area contributed by atoms with Crippen LogP contribution in [0.25, 0.3) is 11.3 Å². The number of hydrogen-bond donors (Lipinski definition) is 3. The van der Waals surface area contributed by atoms with Crippen LogP contribution >= 0.6 is 11.3 Å². The number of rotatable bonds is 3. The molecule has 3 rings (SSSR count). The van der Waals surface area contributed by atoms with E-state index in [0.717, 1.165) is 22.4 Å². The number of aromatic nitrogens is 2. The van der Waals surface area contributed by atoms with Gasteiger partial charge in [-0.1, -0.05) is 0 Å². The van der Waals surface area contributed by atoms with Crippen molar-refractivity contribution in [2.45, 2.75) is 13.8 Å². The van der Waals surface area contributed by atoms with Crippen molar-refractivity contribution in [3.63, 3.8) is 0 Å². The van der Waals surface area contributed by atoms with Gasteiger partial charge >= 0.3 is 6.03 Å². The van der Waals surface area contributed by atoms with Crippen LogP contribution in [0.4, 0.5) is 15.6 Å². The maximum Gasteiger partial charge on any atom is 0.325 e. The molecule has 6 nitrogen and oxygen atoms in total. The Kier molecular flexibility index (Phi) is 4.43. The van der Waals surface area contributed by atoms with Gasteiger partial charge in [0, 0.05) is 29.0 Å². The Morgan fingerprint density at radius 2 is 1.79 bits per heavy atom. The van der Waals surface area contributed by atoms with Crippen molar-refractivity contribution in [3.8, 4) is 17.0 Å². The fraction of sp³-hybridized carbons (Fsp3) is 0.118. The molecule has 0 saturated heterocycles. The van der Waals surface area contributed by atoms with Crippen molar-refractivity contribution >= 4 is 28.2 Å². The van der Waals surface area contributed by atoms with Crippen molar-refractivity contribution in [1.82, 2.24) is 9.97 Å². The maximum atomic E-state index is 12.0. The third-order valence-corrected chi connectivity index (χ3v) is 4.19. The van der Waals surface area contributed by atoms with Crippen LogP contribution in [0, 0.1) is 13.8 Å². The third-order valence-electron chi connectivity index (χ3n) is 3.44. The average Bonchev–Trinajstić information content (AvgIpc) is 2.95. The third kappa shape index (κ3) is 3.52. The number of carbonyl (C=O) groups is 1. The fourth-order valence-corrected chi connectivity index (χ4v) is 3.18. The molecule has 3 aromatic rings. The van der Waals surface area contributed by atoms with Gasteiger partial charge in [-0.2, -0.15) is 0 Å². The van der Waals surface area contributed by atoms with E-state index < -0.39 is 0 Å². The molecule has 0 spiro atoms. The zero-order valence-corrected chi connectivity index (χ0v) is 14.0. The molecule has 2 amide bonds. The number of aromatic hydroxyl groups is 1. The predicted molar refractivity (Wildman–Crippen MR) is 95.6 cm³/mol. The average molecular weight is 340 g/mol. The van der Waals surface area contributed by atoms with E-state index in [1.165, 1.54) is 11.3 Å². The van der Waals surface area contributed by atoms with Crippen LogP contribution in [0.15, 0.2) is 42.0 Å². The Labute approximate surface area is 143 Å². The summed E-state index contributed by atoms with van der Waals surface area (Å²) < 4.78 is 0. The van der Waals surface area contributed by atoms with Crippen LogP contribution in [0.2, 0.25) is 0 Å². The smallest absolute Gasteiger partial charge is 0.325 e. The first-order valence-electron chi connectivity index (χ1n) is 7.27. The lowest BCUT2D eigenvalue weighted by Crippen LogP contribution is -2.19. The highest BCUT2D eigenvalue weighted by Gasteiger charge is 2.12. The highest BCUT2D eigenvalue weighted by Crippen LogP contribution is 2.32. The number of nitrogens with zero attached hydrogens (tertiary/aromatic N) is 2. The molecule has 0 aliphatic rings. The van der Waals surface area contributed by atoms with E-state index in [-0.39, 0.29) is 11.8 Å². The second-order valence-electron chi connectivity index (χ2n) is 5.31. The van der Waals surface area contributed by atoms with Gasteiger partial charge in [0.25, 0.3) is 0 Å². The summed E-state index contributed by atoms with van der Waals surface area (Å²) >= 11 is 1.35. The predicted octanol–water partition coefficient (Wildman–Crippen LogP) is 4.17. The van der Waals surface area contributed by atoms with E-state index >= 15 is 0 Å². The molecule has 0 aliphatic heterocycles. The van der Waals surface area contributed by atoms with E-state index in [4.69, 9.17) is 0 Å². The number of phenolic OH excluding ortho intramolecular Hbond substituents is 1. The summed E-state index contributed by atoms with van der Waals surface area (Å²) in [6.45, 7) is 3.84. The first-order valence-corrected chi connectivity index (χ1v) is 8.15. The molecule has 0 aliphatic carbocycles. The molecular weight excluding hydrogens is 324 g/mol. The number of anilines is 2. The van der Waals surface area contributed by atoms with E-state index in [0.29, 0.717) is 10.8 Å². The lowest BCUT2D eigenvalue weighted by Gasteiger charge is -2.08. The minimum Gasteiger partial charge on any atom is -0.508 e. The fourth-order valence-electron chi connectivity index (χ4n) is 2.49. The van der Waals surface area contributed by atoms with Gasteiger partial charge in [0.05, 0.1) is 5.69 Å². The number of thiazole rings is 1. The van der Waals surface area contributed by atoms with Gasteiger partial charge in [0.1, 0.15) is 5.75 Å². The first-order chi connectivity index (χ1) is 11.5. The van der Waals surface area contributed by atoms with Crippen LogP contribution in [0.1, 0.15) is 11.1 Å². The zero-order chi connectivity index (χ0) is 17.1. The Morgan fingerprint density at radius 1 is 1.12 bits per heavy atom. The molecule has 0 bridgehead atoms. The number of nitrogens with one attached hydrogen (secondary N) is 2. The Morgan fingerprint density at radius 3 is 2.46 bits per heavy atom. The van der Waals surface area contributed by atoms with Crippen molar-refractivity contribution in [1.29, 1.82) is 0 Å². The highest BCUT2D eigenvalue weighted by molar-refractivity contribution is 7.14. The summed E-state index contributed by atoms with van der Waals surface area (Å²) in [6.07, 6.45) is 3.21. The summed E-state index contributed by atoms with van der Waals surface area (Å²) in [7, 11) is 0. The van der Waals surface area contributed by atoms with Crippen molar-refractivity contribution in [2.24, 2.45) is 0 Å². The molecular formula is C17H16N4O2S. The zero-order valence-electron chi connectivity index (χ0n) is 13.2. The van der Waals surface area contributed by atoms with Crippen molar-refractivity contribution < 1.29 is 9.90 Å². The second-order valence-corrected chi connectivity index (χ2v) is 6.17. The number of amides is 2. The van der Waals surface area contributed by atoms with Gasteiger partial charge in [-0.3, -0.25) is 10.3 Å². The van der Waals surface area contributed by atoms with Crippen LogP contribution in [0.3, 0.4) is 0 Å². The highest BCUT2D eigenvalue weighted by atomic mass is 32.1. The Hall–Kier alpha value is -2.93. The van der Waals surface area contributed by atoms with E-state index in [1.54, 1.807) is 36.7 Å². The minimum atomic E-state index is -0.360. The number of hydrogen-bond acceptors (Lipinski definition) is 5. The standard InChI is InChI=1S/C17H16N4O2S/c1-10-7-13(22)8-11(2)15(10)14-9-24-17(20-14)21-16(23)19-12-3-5-18-6-4-12/h3-9,22H,1-2H3,(H2,18,19,20,21,23). The summed E-state index contributed by atoms with van der Waals surface area (Å²) in [5.74, 6) is 0.235. The quantitative estimate of drug-likeness (QED) is 0.668. The molecule has 1 aromatic carbocycles. The van der Waals surface area contributed by atoms with Gasteiger partial charge in [-0.25, -0.2) is 9.78 Å². The summed E-state index contributed by atoms with van der Waals surface area (Å²) in [5.41, 5.74) is 4.27. The lowest BCUT2D eigenvalue weighted by molar-refractivity contribution is 0.262. The molecule has 3 N–H and O–H groups in total. The van der Waals surface area contributed by atoms with Crippen LogP contribution in [-0.4, -0.2) is 21.1 Å². The maximum absolute atomic E-state index is 12.0. The Balaban J connectivity index is 1.76. The molecule has 0 atom stereocenters. The molecule has 122 valence electrons. The molecule has 7 heteroatoms. The normalized spacial score (nSPS) is 10.4. The number of benzene rings is 1. The van der Waals surface area contributed by atoms with Gasteiger partial charge in [-0.05, 0) is 49.2 Å². The minimum absolute atomic E-state index is 0.235. The topological polar surface area (TPSA) is 87.1 Å². The van der Waals surface area contributed by atoms with Gasteiger partial charge < -0.3 is 10.4 Å². The van der Waals surface area contributed by atoms with Crippen LogP contribution in [-0.2, 0) is 0 Å². The van der Waals surface area contributed by atoms with E-state index in [2.05, 4.69) is 20.6 Å². The number of phenols is 1. The first kappa shape index (κ1) is 15.9. The monoisotopic (exact) mass is 340 g/mol. The van der Waals surface area contributed by atoms with Crippen molar-refractivity contribution in [2.75, 3.05) is 10.6 Å². The summed E-state index contributed by atoms with van der Waals surface area (Å²) in [6, 6.07) is 6.45. The molecule has 2 aromatic heterocycles. The number of pyridine rings is 1. The van der Waals surface area contributed by atoms with Crippen LogP contribution in [0.5, 0.6) is 5.75 Å². The van der Waals surface area contributed by atoms with E-state index in [1.807, 2.05) is 19.2 Å². The SMILES string of the molecule is Cc1cc(O)cc(C)c1-c1csc(NC(=O)Nc2ccncc2)n1. The number of aryl methyl sites for hydroxylation is 2. The van der Waals surface area contributed by atoms with Crippen molar-refractivity contribution in [3.05, 3.63) is 53.2 Å². The molecule has 0 fully saturated rings. The second kappa shape index (κ2) is 6.67. The van der Waals surface area contributed by atoms with Crippen LogP contribution < -0.4 is 10.6 Å². The summed E-state index contributed by atoms with van der Waals surface area (Å²) in [5, 5.41) is 17.5. The molecule has 0 unspecified atom stereocenters. The molecule has 2 heterocycles. The van der Waals surface area contributed by atoms with Gasteiger partial charge in [-0.15, -0.1) is 11.3 Å².